The molecule has 108 valence electrons. The van der Waals surface area contributed by atoms with Crippen molar-refractivity contribution in [3.63, 3.8) is 0 Å². The van der Waals surface area contributed by atoms with E-state index >= 15 is 0 Å². The third-order valence-electron chi connectivity index (χ3n) is 3.11. The van der Waals surface area contributed by atoms with E-state index in [-0.39, 0.29) is 12.1 Å². The van der Waals surface area contributed by atoms with Gasteiger partial charge in [0, 0.05) is 11.8 Å². The average molecular weight is 288 g/mol. The first-order chi connectivity index (χ1) is 9.90. The van der Waals surface area contributed by atoms with Gasteiger partial charge in [-0.2, -0.15) is 0 Å². The molecule has 1 N–H and O–H groups in total. The molecule has 7 nitrogen and oxygen atoms in total. The van der Waals surface area contributed by atoms with Crippen molar-refractivity contribution >= 4 is 11.7 Å². The van der Waals surface area contributed by atoms with Crippen LogP contribution in [-0.4, -0.2) is 20.6 Å². The monoisotopic (exact) mass is 288 g/mol. The normalized spacial score (nSPS) is 10.3. The summed E-state index contributed by atoms with van der Waals surface area (Å²) >= 11 is 0. The van der Waals surface area contributed by atoms with Crippen LogP contribution in [0.15, 0.2) is 41.2 Å². The number of hydrogen-bond donors (Lipinski definition) is 1. The maximum Gasteiger partial charge on any atom is 0.335 e. The molecule has 0 unspecified atom stereocenters. The van der Waals surface area contributed by atoms with E-state index in [1.54, 1.807) is 19.1 Å². The van der Waals surface area contributed by atoms with Crippen LogP contribution in [0.1, 0.15) is 21.6 Å². The molecule has 0 radical (unpaired) electrons. The van der Waals surface area contributed by atoms with Crippen molar-refractivity contribution < 1.29 is 14.8 Å². The van der Waals surface area contributed by atoms with E-state index in [1.807, 2.05) is 0 Å². The Morgan fingerprint density at radius 1 is 1.24 bits per heavy atom. The molecule has 2 aromatic rings. The summed E-state index contributed by atoms with van der Waals surface area (Å²) in [7, 11) is 0. The third-order valence-corrected chi connectivity index (χ3v) is 3.11. The van der Waals surface area contributed by atoms with E-state index in [2.05, 4.69) is 0 Å². The fourth-order valence-electron chi connectivity index (χ4n) is 1.93. The van der Waals surface area contributed by atoms with Gasteiger partial charge in [0.05, 0.1) is 17.0 Å². The van der Waals surface area contributed by atoms with Crippen molar-refractivity contribution in [3.05, 3.63) is 73.7 Å². The Labute approximate surface area is 119 Å². The zero-order chi connectivity index (χ0) is 15.6. The third kappa shape index (κ3) is 2.97. The predicted octanol–water partition coefficient (Wildman–Crippen LogP) is 1.81. The quantitative estimate of drug-likeness (QED) is 0.682. The van der Waals surface area contributed by atoms with Crippen LogP contribution in [-0.2, 0) is 6.54 Å². The van der Waals surface area contributed by atoms with Gasteiger partial charge in [-0.25, -0.2) is 4.79 Å². The van der Waals surface area contributed by atoms with Crippen molar-refractivity contribution in [2.75, 3.05) is 0 Å². The molecule has 0 aliphatic rings. The Bertz CT molecular complexity index is 762. The summed E-state index contributed by atoms with van der Waals surface area (Å²) in [5.74, 6) is -1.04. The number of rotatable bonds is 4. The summed E-state index contributed by atoms with van der Waals surface area (Å²) in [5, 5.41) is 19.6. The molecule has 0 aliphatic heterocycles. The minimum atomic E-state index is -1.04. The molecule has 21 heavy (non-hydrogen) atoms. The number of benzene rings is 1. The van der Waals surface area contributed by atoms with E-state index in [9.17, 15) is 19.7 Å². The second-order valence-electron chi connectivity index (χ2n) is 4.51. The fraction of sp³-hybridized carbons (Fsp3) is 0.143. The topological polar surface area (TPSA) is 102 Å². The molecule has 0 bridgehead atoms. The molecule has 0 amide bonds. The zero-order valence-electron chi connectivity index (χ0n) is 11.1. The molecule has 0 saturated heterocycles. The van der Waals surface area contributed by atoms with Gasteiger partial charge >= 0.3 is 17.2 Å². The molecule has 2 rings (SSSR count). The number of aryl methyl sites for hydroxylation is 1. The standard InChI is InChI=1S/C14H12N2O5/c1-9-2-7-12(16(20)21)13(17)15(9)8-10-3-5-11(6-4-10)14(18)19/h2-7H,8H2,1H3,(H,18,19). The number of pyridine rings is 1. The highest BCUT2D eigenvalue weighted by Gasteiger charge is 2.15. The highest BCUT2D eigenvalue weighted by atomic mass is 16.6. The number of nitrogens with zero attached hydrogens (tertiary/aromatic N) is 2. The summed E-state index contributed by atoms with van der Waals surface area (Å²) in [6, 6.07) is 8.69. The lowest BCUT2D eigenvalue weighted by molar-refractivity contribution is -0.386. The van der Waals surface area contributed by atoms with Gasteiger partial charge < -0.3 is 9.67 Å². The largest absolute Gasteiger partial charge is 0.478 e. The Hall–Kier alpha value is -2.96. The second-order valence-corrected chi connectivity index (χ2v) is 4.51. The maximum absolute atomic E-state index is 12.0. The summed E-state index contributed by atoms with van der Waals surface area (Å²) in [5.41, 5.74) is 0.255. The molecule has 1 aromatic heterocycles. The molecule has 1 heterocycles. The van der Waals surface area contributed by atoms with Crippen LogP contribution < -0.4 is 5.56 Å². The smallest absolute Gasteiger partial charge is 0.335 e. The number of nitro groups is 1. The van der Waals surface area contributed by atoms with Crippen LogP contribution in [0, 0.1) is 17.0 Å². The van der Waals surface area contributed by atoms with Crippen LogP contribution >= 0.6 is 0 Å². The van der Waals surface area contributed by atoms with Gasteiger partial charge in [0.1, 0.15) is 0 Å². The van der Waals surface area contributed by atoms with Crippen molar-refractivity contribution in [1.29, 1.82) is 0 Å². The summed E-state index contributed by atoms with van der Waals surface area (Å²) in [4.78, 5) is 32.9. The molecule has 0 atom stereocenters. The van der Waals surface area contributed by atoms with E-state index in [0.717, 1.165) is 0 Å². The molecule has 0 spiro atoms. The average Bonchev–Trinajstić information content (AvgIpc) is 2.43. The van der Waals surface area contributed by atoms with Gasteiger partial charge in [-0.05, 0) is 30.7 Å². The maximum atomic E-state index is 12.0. The predicted molar refractivity (Wildman–Crippen MR) is 74.6 cm³/mol. The highest BCUT2D eigenvalue weighted by molar-refractivity contribution is 5.87. The SMILES string of the molecule is Cc1ccc([N+](=O)[O-])c(=O)n1Cc1ccc(C(=O)O)cc1. The van der Waals surface area contributed by atoms with Crippen LogP contribution in [0.3, 0.4) is 0 Å². The molecular formula is C14H12N2O5. The second kappa shape index (κ2) is 5.58. The van der Waals surface area contributed by atoms with E-state index < -0.39 is 22.1 Å². The Kier molecular flexibility index (Phi) is 3.84. The van der Waals surface area contributed by atoms with Crippen LogP contribution in [0.5, 0.6) is 0 Å². The van der Waals surface area contributed by atoms with Crippen molar-refractivity contribution in [2.45, 2.75) is 13.5 Å². The van der Waals surface area contributed by atoms with Crippen molar-refractivity contribution in [3.8, 4) is 0 Å². The van der Waals surface area contributed by atoms with E-state index in [0.29, 0.717) is 11.3 Å². The van der Waals surface area contributed by atoms with Crippen LogP contribution in [0.2, 0.25) is 0 Å². The van der Waals surface area contributed by atoms with Gasteiger partial charge in [0.25, 0.3) is 0 Å². The first-order valence-electron chi connectivity index (χ1n) is 6.07. The number of aromatic carboxylic acids is 1. The van der Waals surface area contributed by atoms with Crippen LogP contribution in [0.25, 0.3) is 0 Å². The first kappa shape index (κ1) is 14.4. The van der Waals surface area contributed by atoms with Gasteiger partial charge in [-0.15, -0.1) is 0 Å². The van der Waals surface area contributed by atoms with E-state index in [4.69, 9.17) is 5.11 Å². The lowest BCUT2D eigenvalue weighted by Crippen LogP contribution is -2.24. The Balaban J connectivity index is 2.39. The number of carbonyl (C=O) groups is 1. The number of carboxylic acids is 1. The lowest BCUT2D eigenvalue weighted by atomic mass is 10.1. The molecule has 7 heteroatoms. The fourth-order valence-corrected chi connectivity index (χ4v) is 1.93. The molecular weight excluding hydrogens is 276 g/mol. The Morgan fingerprint density at radius 2 is 1.86 bits per heavy atom. The number of carboxylic acid groups (broad SMARTS) is 1. The summed E-state index contributed by atoms with van der Waals surface area (Å²) in [6.45, 7) is 1.82. The summed E-state index contributed by atoms with van der Waals surface area (Å²) in [6.07, 6.45) is 0. The summed E-state index contributed by atoms with van der Waals surface area (Å²) < 4.78 is 1.29. The van der Waals surface area contributed by atoms with Gasteiger partial charge in [-0.1, -0.05) is 12.1 Å². The first-order valence-corrected chi connectivity index (χ1v) is 6.07. The minimum absolute atomic E-state index is 0.141. The van der Waals surface area contributed by atoms with Gasteiger partial charge in [-0.3, -0.25) is 14.9 Å². The molecule has 0 saturated carbocycles. The minimum Gasteiger partial charge on any atom is -0.478 e. The Morgan fingerprint density at radius 3 is 2.38 bits per heavy atom. The highest BCUT2D eigenvalue weighted by Crippen LogP contribution is 2.10. The van der Waals surface area contributed by atoms with Gasteiger partial charge in [0.2, 0.25) is 0 Å². The number of aromatic nitrogens is 1. The van der Waals surface area contributed by atoms with E-state index in [1.165, 1.54) is 28.8 Å². The van der Waals surface area contributed by atoms with Crippen molar-refractivity contribution in [1.82, 2.24) is 4.57 Å². The number of hydrogen-bond acceptors (Lipinski definition) is 4. The molecule has 0 fully saturated rings. The molecule has 1 aromatic carbocycles. The van der Waals surface area contributed by atoms with Crippen molar-refractivity contribution in [2.24, 2.45) is 0 Å². The lowest BCUT2D eigenvalue weighted by Gasteiger charge is -2.09. The molecule has 0 aliphatic carbocycles. The zero-order valence-corrected chi connectivity index (χ0v) is 11.1. The van der Waals surface area contributed by atoms with Gasteiger partial charge in [0.15, 0.2) is 0 Å². The van der Waals surface area contributed by atoms with Crippen LogP contribution in [0.4, 0.5) is 5.69 Å².